The highest BCUT2D eigenvalue weighted by molar-refractivity contribution is 5.87. The van der Waals surface area contributed by atoms with Crippen molar-refractivity contribution in [1.82, 2.24) is 0 Å². The molecule has 0 aromatic carbocycles. The highest BCUT2D eigenvalue weighted by Gasteiger charge is 2.63. The summed E-state index contributed by atoms with van der Waals surface area (Å²) >= 11 is 0. The van der Waals surface area contributed by atoms with Crippen LogP contribution < -0.4 is 5.73 Å². The van der Waals surface area contributed by atoms with Crippen molar-refractivity contribution in [2.24, 2.45) is 40.2 Å². The molecule has 4 nitrogen and oxygen atoms in total. The first-order chi connectivity index (χ1) is 10.8. The summed E-state index contributed by atoms with van der Waals surface area (Å²) in [6, 6.07) is -0.348. The summed E-state index contributed by atoms with van der Waals surface area (Å²) in [5, 5.41) is 21.0. The van der Waals surface area contributed by atoms with Crippen LogP contribution in [0, 0.1) is 34.5 Å². The maximum atomic E-state index is 12.3. The van der Waals surface area contributed by atoms with Crippen LogP contribution in [0.1, 0.15) is 58.8 Å². The molecule has 0 bridgehead atoms. The van der Waals surface area contributed by atoms with Crippen LogP contribution in [0.2, 0.25) is 0 Å². The van der Waals surface area contributed by atoms with Gasteiger partial charge in [-0.25, -0.2) is 0 Å². The van der Waals surface area contributed by atoms with E-state index in [1.54, 1.807) is 0 Å². The fourth-order valence-corrected chi connectivity index (χ4v) is 7.04. The van der Waals surface area contributed by atoms with Gasteiger partial charge < -0.3 is 15.9 Å². The van der Waals surface area contributed by atoms with Gasteiger partial charge in [0, 0.05) is 6.42 Å². The Balaban J connectivity index is 1.69. The Labute approximate surface area is 138 Å². The van der Waals surface area contributed by atoms with Crippen LogP contribution in [0.15, 0.2) is 0 Å². The molecule has 0 spiro atoms. The van der Waals surface area contributed by atoms with Crippen molar-refractivity contribution in [1.29, 1.82) is 0 Å². The minimum Gasteiger partial charge on any atom is -0.393 e. The summed E-state index contributed by atoms with van der Waals surface area (Å²) in [6.45, 7) is 4.56. The number of hydrogen-bond acceptors (Lipinski definition) is 4. The van der Waals surface area contributed by atoms with Gasteiger partial charge in [-0.05, 0) is 73.0 Å². The minimum atomic E-state index is -0.348. The molecular formula is C19H31NO3. The van der Waals surface area contributed by atoms with Gasteiger partial charge in [-0.15, -0.1) is 0 Å². The first-order valence-corrected chi connectivity index (χ1v) is 9.42. The van der Waals surface area contributed by atoms with E-state index in [1.165, 1.54) is 0 Å². The van der Waals surface area contributed by atoms with E-state index in [-0.39, 0.29) is 46.7 Å². The SMILES string of the molecule is C[C@]12CC[C@H]3[C@@H]([C@@H](O)CC4C[C@@H](O)CC[C@@]43C)[C@@H]1CC(=O)[C@@H]2N. The van der Waals surface area contributed by atoms with Gasteiger partial charge in [-0.2, -0.15) is 0 Å². The van der Waals surface area contributed by atoms with Gasteiger partial charge in [0.25, 0.3) is 0 Å². The van der Waals surface area contributed by atoms with E-state index in [0.717, 1.165) is 38.5 Å². The zero-order chi connectivity index (χ0) is 16.6. The quantitative estimate of drug-likeness (QED) is 0.636. The molecule has 0 amide bonds. The molecule has 23 heavy (non-hydrogen) atoms. The maximum Gasteiger partial charge on any atom is 0.150 e. The predicted molar refractivity (Wildman–Crippen MR) is 87.5 cm³/mol. The lowest BCUT2D eigenvalue weighted by Crippen LogP contribution is -2.59. The van der Waals surface area contributed by atoms with E-state index in [0.29, 0.717) is 18.3 Å². The van der Waals surface area contributed by atoms with Gasteiger partial charge >= 0.3 is 0 Å². The molecule has 0 saturated heterocycles. The van der Waals surface area contributed by atoms with E-state index in [4.69, 9.17) is 5.73 Å². The minimum absolute atomic E-state index is 0.128. The Morgan fingerprint density at radius 1 is 1.04 bits per heavy atom. The third-order valence-corrected chi connectivity index (χ3v) is 8.57. The smallest absolute Gasteiger partial charge is 0.150 e. The van der Waals surface area contributed by atoms with Crippen LogP contribution in [0.3, 0.4) is 0 Å². The summed E-state index contributed by atoms with van der Waals surface area (Å²) in [5.74, 6) is 1.53. The molecule has 4 rings (SSSR count). The lowest BCUT2D eigenvalue weighted by atomic mass is 9.44. The second-order valence-corrected chi connectivity index (χ2v) is 9.42. The Morgan fingerprint density at radius 2 is 1.74 bits per heavy atom. The summed E-state index contributed by atoms with van der Waals surface area (Å²) in [7, 11) is 0. The normalized spacial score (nSPS) is 59.2. The summed E-state index contributed by atoms with van der Waals surface area (Å²) in [4.78, 5) is 12.3. The van der Waals surface area contributed by atoms with Crippen LogP contribution in [-0.4, -0.2) is 34.2 Å². The maximum absolute atomic E-state index is 12.3. The van der Waals surface area contributed by atoms with Crippen molar-refractivity contribution in [2.75, 3.05) is 0 Å². The predicted octanol–water partition coefficient (Wildman–Crippen LogP) is 1.87. The molecule has 0 heterocycles. The van der Waals surface area contributed by atoms with Crippen LogP contribution in [0.25, 0.3) is 0 Å². The largest absolute Gasteiger partial charge is 0.393 e. The Morgan fingerprint density at radius 3 is 2.48 bits per heavy atom. The number of fused-ring (bicyclic) bond motifs is 5. The first-order valence-electron chi connectivity index (χ1n) is 9.42. The second kappa shape index (κ2) is 5.03. The number of aliphatic hydroxyl groups is 2. The fraction of sp³-hybridized carbons (Fsp3) is 0.947. The van der Waals surface area contributed by atoms with Gasteiger partial charge in [0.05, 0.1) is 18.2 Å². The highest BCUT2D eigenvalue weighted by Crippen LogP contribution is 2.65. The van der Waals surface area contributed by atoms with Crippen LogP contribution in [0.4, 0.5) is 0 Å². The van der Waals surface area contributed by atoms with Crippen LogP contribution in [-0.2, 0) is 4.79 Å². The number of Topliss-reactive ketones (excluding diaryl/α,β-unsaturated/α-hetero) is 1. The zero-order valence-electron chi connectivity index (χ0n) is 14.4. The van der Waals surface area contributed by atoms with Crippen LogP contribution >= 0.6 is 0 Å². The number of nitrogens with two attached hydrogens (primary N) is 1. The van der Waals surface area contributed by atoms with Gasteiger partial charge in [0.15, 0.2) is 0 Å². The van der Waals surface area contributed by atoms with Crippen molar-refractivity contribution >= 4 is 5.78 Å². The zero-order valence-corrected chi connectivity index (χ0v) is 14.4. The molecule has 0 aliphatic heterocycles. The van der Waals surface area contributed by atoms with Gasteiger partial charge in [-0.1, -0.05) is 13.8 Å². The number of hydrogen-bond donors (Lipinski definition) is 3. The topological polar surface area (TPSA) is 83.5 Å². The van der Waals surface area contributed by atoms with Crippen LogP contribution in [0.5, 0.6) is 0 Å². The van der Waals surface area contributed by atoms with Crippen molar-refractivity contribution < 1.29 is 15.0 Å². The summed E-state index contributed by atoms with van der Waals surface area (Å²) in [5.41, 5.74) is 6.33. The van der Waals surface area contributed by atoms with Crippen molar-refractivity contribution in [2.45, 2.75) is 77.0 Å². The van der Waals surface area contributed by atoms with E-state index >= 15 is 0 Å². The summed E-state index contributed by atoms with van der Waals surface area (Å²) < 4.78 is 0. The molecular weight excluding hydrogens is 290 g/mol. The molecule has 4 aliphatic rings. The van der Waals surface area contributed by atoms with Gasteiger partial charge in [0.2, 0.25) is 0 Å². The number of aliphatic hydroxyl groups excluding tert-OH is 2. The van der Waals surface area contributed by atoms with Crippen molar-refractivity contribution in [3.05, 3.63) is 0 Å². The molecule has 4 heteroatoms. The van der Waals surface area contributed by atoms with E-state index in [1.807, 2.05) is 0 Å². The van der Waals surface area contributed by atoms with Gasteiger partial charge in [0.1, 0.15) is 5.78 Å². The molecule has 0 radical (unpaired) electrons. The monoisotopic (exact) mass is 321 g/mol. The number of ketones is 1. The molecule has 4 N–H and O–H groups in total. The van der Waals surface area contributed by atoms with Crippen molar-refractivity contribution in [3.63, 3.8) is 0 Å². The van der Waals surface area contributed by atoms with E-state index < -0.39 is 0 Å². The fourth-order valence-electron chi connectivity index (χ4n) is 7.04. The Kier molecular flexibility index (Phi) is 3.51. The van der Waals surface area contributed by atoms with E-state index in [9.17, 15) is 15.0 Å². The Bertz CT molecular complexity index is 523. The second-order valence-electron chi connectivity index (χ2n) is 9.42. The molecule has 9 atom stereocenters. The van der Waals surface area contributed by atoms with Gasteiger partial charge in [-0.3, -0.25) is 4.79 Å². The number of carbonyl (C=O) groups is 1. The molecule has 4 saturated carbocycles. The molecule has 4 fully saturated rings. The molecule has 4 aliphatic carbocycles. The first kappa shape index (κ1) is 16.0. The molecule has 0 aromatic rings. The van der Waals surface area contributed by atoms with E-state index in [2.05, 4.69) is 13.8 Å². The lowest BCUT2D eigenvalue weighted by molar-refractivity contribution is -0.169. The van der Waals surface area contributed by atoms with Crippen molar-refractivity contribution in [3.8, 4) is 0 Å². The molecule has 0 aromatic heterocycles. The highest BCUT2D eigenvalue weighted by atomic mass is 16.3. The third-order valence-electron chi connectivity index (χ3n) is 8.57. The lowest BCUT2D eigenvalue weighted by Gasteiger charge is -2.61. The number of carbonyl (C=O) groups excluding carboxylic acids is 1. The average molecular weight is 321 g/mol. The standard InChI is InChI=1S/C19H31NO3/c1-18-5-3-11(21)7-10(18)8-14(22)16-12(18)4-6-19(2)13(16)9-15(23)17(19)20/h10-14,16-17,21-22H,3-9,20H2,1-2H3/t10?,11-,12-,13-,14-,16+,17-,18-,19-/m0/s1. The Hall–Kier alpha value is -0.450. The third kappa shape index (κ3) is 2.04. The number of rotatable bonds is 0. The molecule has 130 valence electrons. The molecule has 1 unspecified atom stereocenters. The summed E-state index contributed by atoms with van der Waals surface area (Å²) in [6.07, 6.45) is 5.63. The average Bonchev–Trinajstić information content (AvgIpc) is 2.73.